The molecule has 0 atom stereocenters. The summed E-state index contributed by atoms with van der Waals surface area (Å²) in [6.07, 6.45) is 5.80. The van der Waals surface area contributed by atoms with Crippen LogP contribution in [0, 0.1) is 6.92 Å². The van der Waals surface area contributed by atoms with Crippen LogP contribution >= 0.6 is 11.3 Å². The fraction of sp³-hybridized carbons (Fsp3) is 0.643. The van der Waals surface area contributed by atoms with Crippen molar-refractivity contribution in [2.24, 2.45) is 0 Å². The second-order valence-corrected chi connectivity index (χ2v) is 6.98. The van der Waals surface area contributed by atoms with E-state index < -0.39 is 5.54 Å². The zero-order valence-electron chi connectivity index (χ0n) is 11.6. The third-order valence-electron chi connectivity index (χ3n) is 4.16. The second kappa shape index (κ2) is 5.16. The van der Waals surface area contributed by atoms with Gasteiger partial charge in [-0.15, -0.1) is 11.3 Å². The number of nitrogens with zero attached hydrogens (tertiary/aromatic N) is 2. The molecule has 108 valence electrons. The van der Waals surface area contributed by atoms with Crippen molar-refractivity contribution < 1.29 is 9.59 Å². The predicted molar refractivity (Wildman–Crippen MR) is 76.2 cm³/mol. The van der Waals surface area contributed by atoms with Gasteiger partial charge in [-0.1, -0.05) is 12.8 Å². The Bertz CT molecular complexity index is 534. The largest absolute Gasteiger partial charge is 0.342 e. The Hall–Kier alpha value is -1.43. The van der Waals surface area contributed by atoms with Crippen LogP contribution in [0.4, 0.5) is 0 Å². The molecule has 1 saturated heterocycles. The predicted octanol–water partition coefficient (Wildman–Crippen LogP) is 1.61. The first kappa shape index (κ1) is 13.5. The molecule has 2 fully saturated rings. The van der Waals surface area contributed by atoms with E-state index in [1.807, 2.05) is 18.0 Å². The molecule has 5 nitrogen and oxygen atoms in total. The summed E-state index contributed by atoms with van der Waals surface area (Å²) in [6, 6.07) is 0. The van der Waals surface area contributed by atoms with Crippen LogP contribution in [0.25, 0.3) is 0 Å². The van der Waals surface area contributed by atoms with Crippen molar-refractivity contribution in [1.82, 2.24) is 15.2 Å². The smallest absolute Gasteiger partial charge is 0.248 e. The summed E-state index contributed by atoms with van der Waals surface area (Å²) in [7, 11) is 0. The summed E-state index contributed by atoms with van der Waals surface area (Å²) in [4.78, 5) is 31.9. The summed E-state index contributed by atoms with van der Waals surface area (Å²) in [5.41, 5.74) is -0.632. The Balaban J connectivity index is 1.82. The molecule has 1 aliphatic heterocycles. The van der Waals surface area contributed by atoms with E-state index in [-0.39, 0.29) is 11.8 Å². The molecule has 3 rings (SSSR count). The average Bonchev–Trinajstić information content (AvgIpc) is 3.01. The number of amides is 2. The van der Waals surface area contributed by atoms with Crippen LogP contribution in [0.2, 0.25) is 0 Å². The van der Waals surface area contributed by atoms with E-state index in [2.05, 4.69) is 10.3 Å². The van der Waals surface area contributed by atoms with Gasteiger partial charge in [-0.3, -0.25) is 9.59 Å². The molecule has 0 radical (unpaired) electrons. The molecule has 0 bridgehead atoms. The Kier molecular flexibility index (Phi) is 3.50. The van der Waals surface area contributed by atoms with Crippen molar-refractivity contribution in [3.05, 3.63) is 16.1 Å². The van der Waals surface area contributed by atoms with Crippen LogP contribution in [0.3, 0.4) is 0 Å². The molecular formula is C14H19N3O2S. The first-order chi connectivity index (χ1) is 9.59. The van der Waals surface area contributed by atoms with Crippen LogP contribution in [-0.2, 0) is 16.1 Å². The highest BCUT2D eigenvalue weighted by molar-refractivity contribution is 7.11. The van der Waals surface area contributed by atoms with Crippen molar-refractivity contribution in [3.63, 3.8) is 0 Å². The molecule has 1 aliphatic carbocycles. The summed E-state index contributed by atoms with van der Waals surface area (Å²) in [5.74, 6) is 0.0927. The van der Waals surface area contributed by atoms with Crippen molar-refractivity contribution in [1.29, 1.82) is 0 Å². The molecule has 1 saturated carbocycles. The molecule has 2 amide bonds. The summed E-state index contributed by atoms with van der Waals surface area (Å²) >= 11 is 1.61. The van der Waals surface area contributed by atoms with Crippen LogP contribution in [0.5, 0.6) is 0 Å². The summed E-state index contributed by atoms with van der Waals surface area (Å²) < 4.78 is 0. The highest BCUT2D eigenvalue weighted by Crippen LogP contribution is 2.33. The molecular weight excluding hydrogens is 274 g/mol. The van der Waals surface area contributed by atoms with Gasteiger partial charge in [0, 0.05) is 24.0 Å². The van der Waals surface area contributed by atoms with Gasteiger partial charge in [0.15, 0.2) is 0 Å². The maximum Gasteiger partial charge on any atom is 0.248 e. The quantitative estimate of drug-likeness (QED) is 0.901. The van der Waals surface area contributed by atoms with Crippen LogP contribution in [0.1, 0.15) is 42.0 Å². The average molecular weight is 293 g/mol. The van der Waals surface area contributed by atoms with Crippen LogP contribution < -0.4 is 5.32 Å². The first-order valence-corrected chi connectivity index (χ1v) is 7.92. The topological polar surface area (TPSA) is 62.3 Å². The molecule has 2 aliphatic rings. The minimum atomic E-state index is -0.632. The minimum Gasteiger partial charge on any atom is -0.342 e. The second-order valence-electron chi connectivity index (χ2n) is 5.66. The van der Waals surface area contributed by atoms with E-state index >= 15 is 0 Å². The fourth-order valence-corrected chi connectivity index (χ4v) is 3.97. The third kappa shape index (κ3) is 2.44. The summed E-state index contributed by atoms with van der Waals surface area (Å²) in [6.45, 7) is 3.03. The van der Waals surface area contributed by atoms with E-state index in [0.29, 0.717) is 19.5 Å². The van der Waals surface area contributed by atoms with Gasteiger partial charge in [-0.25, -0.2) is 4.98 Å². The lowest BCUT2D eigenvalue weighted by Gasteiger charge is -2.31. The number of aromatic nitrogens is 1. The first-order valence-electron chi connectivity index (χ1n) is 7.11. The normalized spacial score (nSPS) is 22.1. The van der Waals surface area contributed by atoms with Gasteiger partial charge in [0.05, 0.1) is 11.6 Å². The molecule has 1 spiro atoms. The highest BCUT2D eigenvalue weighted by atomic mass is 32.1. The molecule has 0 unspecified atom stereocenters. The van der Waals surface area contributed by atoms with E-state index in [1.54, 1.807) is 11.3 Å². The Morgan fingerprint density at radius 2 is 2.15 bits per heavy atom. The van der Waals surface area contributed by atoms with Crippen LogP contribution in [0.15, 0.2) is 6.20 Å². The zero-order chi connectivity index (χ0) is 14.2. The minimum absolute atomic E-state index is 0.00300. The van der Waals surface area contributed by atoms with Crippen molar-refractivity contribution >= 4 is 23.2 Å². The lowest BCUT2D eigenvalue weighted by Crippen LogP contribution is -2.55. The van der Waals surface area contributed by atoms with E-state index in [9.17, 15) is 9.59 Å². The molecule has 6 heteroatoms. The van der Waals surface area contributed by atoms with Gasteiger partial charge in [-0.05, 0) is 19.8 Å². The molecule has 20 heavy (non-hydrogen) atoms. The maximum absolute atomic E-state index is 12.8. The lowest BCUT2D eigenvalue weighted by atomic mass is 9.96. The summed E-state index contributed by atoms with van der Waals surface area (Å²) in [5, 5.41) is 3.99. The monoisotopic (exact) mass is 293 g/mol. The standard InChI is InChI=1S/C14H19N3O2S/c1-10-15-8-11(20-10)9-17-7-4-12(18)16-14(13(17)19)5-2-3-6-14/h8H,2-7,9H2,1H3,(H,16,18). The van der Waals surface area contributed by atoms with E-state index in [0.717, 1.165) is 35.6 Å². The molecule has 1 aromatic rings. The number of thiazole rings is 1. The highest BCUT2D eigenvalue weighted by Gasteiger charge is 2.46. The van der Waals surface area contributed by atoms with Gasteiger partial charge in [-0.2, -0.15) is 0 Å². The van der Waals surface area contributed by atoms with Gasteiger partial charge >= 0.3 is 0 Å². The van der Waals surface area contributed by atoms with Gasteiger partial charge in [0.1, 0.15) is 5.54 Å². The number of carbonyl (C=O) groups is 2. The third-order valence-corrected chi connectivity index (χ3v) is 5.05. The lowest BCUT2D eigenvalue weighted by molar-refractivity contribution is -0.139. The number of hydrogen-bond acceptors (Lipinski definition) is 4. The van der Waals surface area contributed by atoms with Gasteiger partial charge in [0.25, 0.3) is 0 Å². The van der Waals surface area contributed by atoms with Crippen molar-refractivity contribution in [2.45, 2.75) is 51.1 Å². The van der Waals surface area contributed by atoms with Crippen molar-refractivity contribution in [2.75, 3.05) is 6.54 Å². The molecule has 0 aromatic carbocycles. The van der Waals surface area contributed by atoms with Gasteiger partial charge < -0.3 is 10.2 Å². The van der Waals surface area contributed by atoms with Crippen molar-refractivity contribution in [3.8, 4) is 0 Å². The molecule has 2 heterocycles. The maximum atomic E-state index is 12.8. The number of carbonyl (C=O) groups excluding carboxylic acids is 2. The Labute approximate surface area is 122 Å². The van der Waals surface area contributed by atoms with Crippen LogP contribution in [-0.4, -0.2) is 33.8 Å². The number of hydrogen-bond donors (Lipinski definition) is 1. The number of nitrogens with one attached hydrogen (secondary N) is 1. The van der Waals surface area contributed by atoms with E-state index in [4.69, 9.17) is 0 Å². The van der Waals surface area contributed by atoms with Gasteiger partial charge in [0.2, 0.25) is 11.8 Å². The number of aryl methyl sites for hydroxylation is 1. The Morgan fingerprint density at radius 1 is 1.40 bits per heavy atom. The SMILES string of the molecule is Cc1ncc(CN2CCC(=O)NC3(CCCC3)C2=O)s1. The fourth-order valence-electron chi connectivity index (χ4n) is 3.16. The van der Waals surface area contributed by atoms with E-state index in [1.165, 1.54) is 0 Å². The molecule has 1 aromatic heterocycles. The Morgan fingerprint density at radius 3 is 2.80 bits per heavy atom. The molecule has 1 N–H and O–H groups in total. The number of rotatable bonds is 2. The zero-order valence-corrected chi connectivity index (χ0v) is 12.5.